The summed E-state index contributed by atoms with van der Waals surface area (Å²) in [6.07, 6.45) is 1.95. The van der Waals surface area contributed by atoms with Crippen LogP contribution in [0.5, 0.6) is 5.75 Å². The molecule has 3 nitrogen and oxygen atoms in total. The van der Waals surface area contributed by atoms with Gasteiger partial charge < -0.3 is 15.4 Å². The Morgan fingerprint density at radius 1 is 1.25 bits per heavy atom. The highest BCUT2D eigenvalue weighted by atomic mass is 19.1. The molecule has 5 heteroatoms. The van der Waals surface area contributed by atoms with Gasteiger partial charge in [-0.1, -0.05) is 6.92 Å². The number of ether oxygens (including phenoxy) is 1. The van der Waals surface area contributed by atoms with Gasteiger partial charge in [-0.25, -0.2) is 8.78 Å². The third-order valence-corrected chi connectivity index (χ3v) is 3.08. The Bertz CT molecular complexity index is 401. The molecule has 0 bridgehead atoms. The van der Waals surface area contributed by atoms with Crippen LogP contribution in [0.25, 0.3) is 0 Å². The molecule has 1 atom stereocenters. The van der Waals surface area contributed by atoms with Crippen LogP contribution in [-0.4, -0.2) is 38.2 Å². The topological polar surface area (TPSA) is 38.5 Å². The molecule has 2 N–H and O–H groups in total. The summed E-state index contributed by atoms with van der Waals surface area (Å²) in [6.45, 7) is 3.05. The van der Waals surface area contributed by atoms with Crippen LogP contribution in [0.15, 0.2) is 12.1 Å². The van der Waals surface area contributed by atoms with Crippen molar-refractivity contribution in [3.8, 4) is 5.75 Å². The highest BCUT2D eigenvalue weighted by Gasteiger charge is 2.14. The molecule has 0 spiro atoms. The number of nitrogens with two attached hydrogens (primary N) is 1. The molecule has 1 aromatic carbocycles. The van der Waals surface area contributed by atoms with E-state index in [1.807, 2.05) is 25.9 Å². The van der Waals surface area contributed by atoms with Gasteiger partial charge in [0, 0.05) is 12.6 Å². The average Bonchev–Trinajstić information content (AvgIpc) is 2.36. The van der Waals surface area contributed by atoms with E-state index in [0.29, 0.717) is 25.0 Å². The first-order chi connectivity index (χ1) is 9.43. The SMILES string of the molecule is CCC(N)Cc1cc(F)c(OCCCN(C)C)c(F)c1. The molecule has 0 radical (unpaired) electrons. The third-order valence-electron chi connectivity index (χ3n) is 3.08. The van der Waals surface area contributed by atoms with Gasteiger partial charge in [0.15, 0.2) is 17.4 Å². The van der Waals surface area contributed by atoms with Crippen molar-refractivity contribution in [2.45, 2.75) is 32.2 Å². The van der Waals surface area contributed by atoms with Crippen molar-refractivity contribution >= 4 is 0 Å². The van der Waals surface area contributed by atoms with Gasteiger partial charge in [0.25, 0.3) is 0 Å². The summed E-state index contributed by atoms with van der Waals surface area (Å²) in [5, 5.41) is 0. The highest BCUT2D eigenvalue weighted by Crippen LogP contribution is 2.24. The van der Waals surface area contributed by atoms with E-state index in [2.05, 4.69) is 0 Å². The Labute approximate surface area is 119 Å². The minimum atomic E-state index is -0.659. The van der Waals surface area contributed by atoms with Gasteiger partial charge in [-0.05, 0) is 51.1 Å². The van der Waals surface area contributed by atoms with Crippen molar-refractivity contribution in [1.82, 2.24) is 4.90 Å². The van der Waals surface area contributed by atoms with E-state index in [0.717, 1.165) is 13.0 Å². The van der Waals surface area contributed by atoms with E-state index in [1.54, 1.807) is 0 Å². The second-order valence-electron chi connectivity index (χ2n) is 5.27. The number of benzene rings is 1. The molecule has 0 saturated carbocycles. The predicted molar refractivity (Wildman–Crippen MR) is 77.0 cm³/mol. The Morgan fingerprint density at radius 3 is 2.35 bits per heavy atom. The molecule has 0 fully saturated rings. The average molecular weight is 286 g/mol. The molecule has 0 aliphatic heterocycles. The van der Waals surface area contributed by atoms with Crippen LogP contribution in [0.4, 0.5) is 8.78 Å². The smallest absolute Gasteiger partial charge is 0.190 e. The van der Waals surface area contributed by atoms with Gasteiger partial charge in [-0.15, -0.1) is 0 Å². The van der Waals surface area contributed by atoms with E-state index < -0.39 is 11.6 Å². The number of rotatable bonds is 8. The van der Waals surface area contributed by atoms with E-state index in [9.17, 15) is 8.78 Å². The summed E-state index contributed by atoms with van der Waals surface area (Å²) in [7, 11) is 3.87. The summed E-state index contributed by atoms with van der Waals surface area (Å²) in [4.78, 5) is 1.99. The fourth-order valence-corrected chi connectivity index (χ4v) is 1.87. The molecule has 0 heterocycles. The first-order valence-electron chi connectivity index (χ1n) is 6.95. The first kappa shape index (κ1) is 16.9. The van der Waals surface area contributed by atoms with Crippen LogP contribution in [0, 0.1) is 11.6 Å². The quantitative estimate of drug-likeness (QED) is 0.747. The lowest BCUT2D eigenvalue weighted by atomic mass is 10.0. The van der Waals surface area contributed by atoms with Crippen molar-refractivity contribution in [2.75, 3.05) is 27.2 Å². The monoisotopic (exact) mass is 286 g/mol. The van der Waals surface area contributed by atoms with Crippen molar-refractivity contribution in [3.63, 3.8) is 0 Å². The summed E-state index contributed by atoms with van der Waals surface area (Å²) in [5.74, 6) is -1.61. The Morgan fingerprint density at radius 2 is 1.85 bits per heavy atom. The Balaban J connectivity index is 2.64. The van der Waals surface area contributed by atoms with Crippen molar-refractivity contribution in [3.05, 3.63) is 29.3 Å². The molecular weight excluding hydrogens is 262 g/mol. The summed E-state index contributed by atoms with van der Waals surface area (Å²) < 4.78 is 32.9. The van der Waals surface area contributed by atoms with E-state index in [1.165, 1.54) is 12.1 Å². The largest absolute Gasteiger partial charge is 0.488 e. The molecule has 1 rings (SSSR count). The van der Waals surface area contributed by atoms with Crippen LogP contribution >= 0.6 is 0 Å². The van der Waals surface area contributed by atoms with Crippen LogP contribution in [0.2, 0.25) is 0 Å². The molecule has 1 unspecified atom stereocenters. The molecule has 20 heavy (non-hydrogen) atoms. The van der Waals surface area contributed by atoms with Gasteiger partial charge in [-0.3, -0.25) is 0 Å². The maximum absolute atomic E-state index is 13.8. The maximum atomic E-state index is 13.8. The second kappa shape index (κ2) is 8.17. The standard InChI is InChI=1S/C15H24F2N2O/c1-4-12(18)8-11-9-13(16)15(14(17)10-11)20-7-5-6-19(2)3/h9-10,12H,4-8,18H2,1-3H3. The van der Waals surface area contributed by atoms with Crippen molar-refractivity contribution < 1.29 is 13.5 Å². The molecule has 0 aliphatic rings. The number of hydrogen-bond acceptors (Lipinski definition) is 3. The lowest BCUT2D eigenvalue weighted by molar-refractivity contribution is 0.259. The van der Waals surface area contributed by atoms with Crippen LogP contribution in [-0.2, 0) is 6.42 Å². The van der Waals surface area contributed by atoms with E-state index >= 15 is 0 Å². The molecule has 0 saturated heterocycles. The fraction of sp³-hybridized carbons (Fsp3) is 0.600. The van der Waals surface area contributed by atoms with Crippen molar-refractivity contribution in [2.24, 2.45) is 5.73 Å². The fourth-order valence-electron chi connectivity index (χ4n) is 1.87. The zero-order chi connectivity index (χ0) is 15.1. The minimum absolute atomic E-state index is 0.0827. The lowest BCUT2D eigenvalue weighted by Gasteiger charge is -2.13. The van der Waals surface area contributed by atoms with Crippen LogP contribution in [0.1, 0.15) is 25.3 Å². The van der Waals surface area contributed by atoms with Gasteiger partial charge in [0.05, 0.1) is 6.61 Å². The summed E-state index contributed by atoms with van der Waals surface area (Å²) in [5.41, 5.74) is 6.35. The zero-order valence-corrected chi connectivity index (χ0v) is 12.5. The molecule has 0 amide bonds. The summed E-state index contributed by atoms with van der Waals surface area (Å²) in [6, 6.07) is 2.53. The highest BCUT2D eigenvalue weighted by molar-refractivity contribution is 5.31. The van der Waals surface area contributed by atoms with E-state index in [4.69, 9.17) is 10.5 Å². The van der Waals surface area contributed by atoms with Gasteiger partial charge in [-0.2, -0.15) is 0 Å². The third kappa shape index (κ3) is 5.43. The zero-order valence-electron chi connectivity index (χ0n) is 12.5. The van der Waals surface area contributed by atoms with Gasteiger partial charge in [0.2, 0.25) is 0 Å². The minimum Gasteiger partial charge on any atom is -0.488 e. The van der Waals surface area contributed by atoms with Gasteiger partial charge in [0.1, 0.15) is 0 Å². The molecular formula is C15H24F2N2O. The lowest BCUT2D eigenvalue weighted by Crippen LogP contribution is -2.21. The maximum Gasteiger partial charge on any atom is 0.190 e. The van der Waals surface area contributed by atoms with E-state index in [-0.39, 0.29) is 11.8 Å². The van der Waals surface area contributed by atoms with Crippen molar-refractivity contribution in [1.29, 1.82) is 0 Å². The van der Waals surface area contributed by atoms with Crippen LogP contribution < -0.4 is 10.5 Å². The molecule has 114 valence electrons. The van der Waals surface area contributed by atoms with Crippen LogP contribution in [0.3, 0.4) is 0 Å². The predicted octanol–water partition coefficient (Wildman–Crippen LogP) is 2.58. The number of halogens is 2. The number of hydrogen-bond donors (Lipinski definition) is 1. The molecule has 0 aromatic heterocycles. The van der Waals surface area contributed by atoms with Gasteiger partial charge >= 0.3 is 0 Å². The normalized spacial score (nSPS) is 12.8. The first-order valence-corrected chi connectivity index (χ1v) is 6.95. The Kier molecular flexibility index (Phi) is 6.88. The Hall–Kier alpha value is -1.20. The molecule has 1 aromatic rings. The molecule has 0 aliphatic carbocycles. The number of nitrogens with zero attached hydrogens (tertiary/aromatic N) is 1. The second-order valence-corrected chi connectivity index (χ2v) is 5.27. The summed E-state index contributed by atoms with van der Waals surface area (Å²) >= 11 is 0.